The van der Waals surface area contributed by atoms with E-state index in [0.717, 1.165) is 11.3 Å². The third-order valence-corrected chi connectivity index (χ3v) is 2.32. The molecule has 0 saturated carbocycles. The minimum Gasteiger partial charge on any atom is -0.373 e. The van der Waals surface area contributed by atoms with Crippen molar-refractivity contribution in [2.45, 2.75) is 12.2 Å². The lowest BCUT2D eigenvalue weighted by Crippen LogP contribution is -2.14. The molecule has 0 saturated heterocycles. The minimum atomic E-state index is -0.0839. The van der Waals surface area contributed by atoms with Gasteiger partial charge in [-0.25, -0.2) is 9.97 Å². The molecule has 0 aromatic carbocycles. The zero-order chi connectivity index (χ0) is 9.97. The van der Waals surface area contributed by atoms with Gasteiger partial charge in [0.05, 0.1) is 5.69 Å². The Kier molecular flexibility index (Phi) is 2.56. The summed E-state index contributed by atoms with van der Waals surface area (Å²) in [5.74, 6) is 0. The van der Waals surface area contributed by atoms with Gasteiger partial charge in [0.1, 0.15) is 18.5 Å². The minimum absolute atomic E-state index is 0.0578. The van der Waals surface area contributed by atoms with Gasteiger partial charge in [-0.2, -0.15) is 0 Å². The molecule has 4 heteroatoms. The van der Waals surface area contributed by atoms with Crippen LogP contribution < -0.4 is 0 Å². The van der Waals surface area contributed by atoms with Crippen molar-refractivity contribution in [2.75, 3.05) is 14.2 Å². The van der Waals surface area contributed by atoms with Gasteiger partial charge < -0.3 is 9.47 Å². The molecule has 0 radical (unpaired) electrons. The van der Waals surface area contributed by atoms with Gasteiger partial charge in [0, 0.05) is 26.0 Å². The molecule has 1 aliphatic rings. The smallest absolute Gasteiger partial charge is 0.118 e. The van der Waals surface area contributed by atoms with E-state index in [1.54, 1.807) is 20.4 Å². The number of nitrogens with zero attached hydrogens (tertiary/aromatic N) is 2. The monoisotopic (exact) mass is 192 g/mol. The standard InChI is InChI=1S/C10H12N2O2/c1-13-8-3-4-9(14-2)10-7(8)5-11-6-12-10/h3-6,8-9H,1-2H3. The molecule has 0 aliphatic heterocycles. The van der Waals surface area contributed by atoms with Gasteiger partial charge in [-0.1, -0.05) is 12.2 Å². The summed E-state index contributed by atoms with van der Waals surface area (Å²) in [6.07, 6.45) is 7.06. The van der Waals surface area contributed by atoms with E-state index < -0.39 is 0 Å². The molecule has 74 valence electrons. The number of hydrogen-bond donors (Lipinski definition) is 0. The van der Waals surface area contributed by atoms with Crippen LogP contribution in [0.25, 0.3) is 0 Å². The average Bonchev–Trinajstić information content (AvgIpc) is 2.27. The van der Waals surface area contributed by atoms with E-state index >= 15 is 0 Å². The van der Waals surface area contributed by atoms with E-state index in [4.69, 9.17) is 9.47 Å². The first-order valence-corrected chi connectivity index (χ1v) is 4.40. The summed E-state index contributed by atoms with van der Waals surface area (Å²) < 4.78 is 10.6. The number of methoxy groups -OCH3 is 2. The number of hydrogen-bond acceptors (Lipinski definition) is 4. The normalized spacial score (nSPS) is 24.7. The number of fused-ring (bicyclic) bond motifs is 1. The van der Waals surface area contributed by atoms with E-state index in [9.17, 15) is 0 Å². The van der Waals surface area contributed by atoms with Crippen LogP contribution in [0.3, 0.4) is 0 Å². The van der Waals surface area contributed by atoms with E-state index in [2.05, 4.69) is 9.97 Å². The Morgan fingerprint density at radius 1 is 1.14 bits per heavy atom. The van der Waals surface area contributed by atoms with Crippen molar-refractivity contribution in [2.24, 2.45) is 0 Å². The third-order valence-electron chi connectivity index (χ3n) is 2.32. The van der Waals surface area contributed by atoms with Crippen LogP contribution in [0.5, 0.6) is 0 Å². The summed E-state index contributed by atoms with van der Waals surface area (Å²) in [6.45, 7) is 0. The zero-order valence-electron chi connectivity index (χ0n) is 8.18. The van der Waals surface area contributed by atoms with Crippen molar-refractivity contribution in [3.63, 3.8) is 0 Å². The first-order chi connectivity index (χ1) is 6.86. The van der Waals surface area contributed by atoms with Crippen molar-refractivity contribution >= 4 is 0 Å². The van der Waals surface area contributed by atoms with Crippen LogP contribution >= 0.6 is 0 Å². The molecule has 1 aliphatic carbocycles. The second-order valence-electron chi connectivity index (χ2n) is 3.06. The van der Waals surface area contributed by atoms with Crippen LogP contribution in [0.1, 0.15) is 23.5 Å². The van der Waals surface area contributed by atoms with Crippen LogP contribution in [-0.2, 0) is 9.47 Å². The maximum Gasteiger partial charge on any atom is 0.118 e. The molecule has 2 rings (SSSR count). The van der Waals surface area contributed by atoms with Crippen LogP contribution in [0.2, 0.25) is 0 Å². The first-order valence-electron chi connectivity index (χ1n) is 4.40. The second kappa shape index (κ2) is 3.86. The summed E-state index contributed by atoms with van der Waals surface area (Å²) in [5.41, 5.74) is 1.86. The molecule has 0 fully saturated rings. The summed E-state index contributed by atoms with van der Waals surface area (Å²) in [6, 6.07) is 0. The average molecular weight is 192 g/mol. The van der Waals surface area contributed by atoms with Gasteiger partial charge in [0.15, 0.2) is 0 Å². The lowest BCUT2D eigenvalue weighted by Gasteiger charge is -2.23. The molecular formula is C10H12N2O2. The van der Waals surface area contributed by atoms with Gasteiger partial charge >= 0.3 is 0 Å². The lowest BCUT2D eigenvalue weighted by atomic mass is 9.99. The molecule has 2 unspecified atom stereocenters. The molecule has 1 heterocycles. The maximum atomic E-state index is 5.29. The molecule has 1 aromatic rings. The van der Waals surface area contributed by atoms with E-state index in [1.807, 2.05) is 12.2 Å². The van der Waals surface area contributed by atoms with Crippen molar-refractivity contribution in [3.8, 4) is 0 Å². The third kappa shape index (κ3) is 1.42. The fourth-order valence-electron chi connectivity index (χ4n) is 1.60. The lowest BCUT2D eigenvalue weighted by molar-refractivity contribution is 0.107. The van der Waals surface area contributed by atoms with Crippen molar-refractivity contribution in [1.82, 2.24) is 9.97 Å². The first kappa shape index (κ1) is 9.30. The topological polar surface area (TPSA) is 44.2 Å². The van der Waals surface area contributed by atoms with Gasteiger partial charge in [0.2, 0.25) is 0 Å². The van der Waals surface area contributed by atoms with E-state index in [0.29, 0.717) is 0 Å². The fourth-order valence-corrected chi connectivity index (χ4v) is 1.60. The molecule has 1 aromatic heterocycles. The number of aromatic nitrogens is 2. The van der Waals surface area contributed by atoms with Gasteiger partial charge in [-0.3, -0.25) is 0 Å². The van der Waals surface area contributed by atoms with Gasteiger partial charge in [-0.05, 0) is 0 Å². The molecule has 0 spiro atoms. The molecule has 2 atom stereocenters. The molecule has 0 amide bonds. The summed E-state index contributed by atoms with van der Waals surface area (Å²) in [5, 5.41) is 0. The highest BCUT2D eigenvalue weighted by molar-refractivity contribution is 5.31. The Morgan fingerprint density at radius 3 is 2.57 bits per heavy atom. The van der Waals surface area contributed by atoms with Gasteiger partial charge in [0.25, 0.3) is 0 Å². The highest BCUT2D eigenvalue weighted by Gasteiger charge is 2.23. The van der Waals surface area contributed by atoms with Crippen LogP contribution in [0, 0.1) is 0 Å². The van der Waals surface area contributed by atoms with Crippen molar-refractivity contribution < 1.29 is 9.47 Å². The predicted molar refractivity (Wildman–Crippen MR) is 50.7 cm³/mol. The number of rotatable bonds is 2. The fraction of sp³-hybridized carbons (Fsp3) is 0.400. The summed E-state index contributed by atoms with van der Waals surface area (Å²) in [4.78, 5) is 8.19. The SMILES string of the molecule is COC1C=CC(OC)c2ncncc21. The summed E-state index contributed by atoms with van der Waals surface area (Å²) in [7, 11) is 3.33. The molecular weight excluding hydrogens is 180 g/mol. The predicted octanol–water partition coefficient (Wildman–Crippen LogP) is 1.42. The molecule has 4 nitrogen and oxygen atoms in total. The second-order valence-corrected chi connectivity index (χ2v) is 3.06. The Balaban J connectivity index is 2.44. The van der Waals surface area contributed by atoms with Crippen LogP contribution in [0.4, 0.5) is 0 Å². The van der Waals surface area contributed by atoms with Gasteiger partial charge in [-0.15, -0.1) is 0 Å². The maximum absolute atomic E-state index is 5.29. The Bertz CT molecular complexity index is 319. The Hall–Kier alpha value is -1.26. The Morgan fingerprint density at radius 2 is 1.86 bits per heavy atom. The van der Waals surface area contributed by atoms with Crippen molar-refractivity contribution in [1.29, 1.82) is 0 Å². The Labute approximate surface area is 82.6 Å². The quantitative estimate of drug-likeness (QED) is 0.665. The van der Waals surface area contributed by atoms with Crippen LogP contribution in [-0.4, -0.2) is 24.2 Å². The largest absolute Gasteiger partial charge is 0.373 e. The van der Waals surface area contributed by atoms with E-state index in [1.165, 1.54) is 6.33 Å². The van der Waals surface area contributed by atoms with E-state index in [-0.39, 0.29) is 12.2 Å². The van der Waals surface area contributed by atoms with Crippen molar-refractivity contribution in [3.05, 3.63) is 35.9 Å². The zero-order valence-corrected chi connectivity index (χ0v) is 8.18. The highest BCUT2D eigenvalue weighted by Crippen LogP contribution is 2.31. The number of ether oxygens (including phenoxy) is 2. The van der Waals surface area contributed by atoms with Crippen LogP contribution in [0.15, 0.2) is 24.7 Å². The molecule has 0 N–H and O–H groups in total. The molecule has 14 heavy (non-hydrogen) atoms. The highest BCUT2D eigenvalue weighted by atomic mass is 16.5. The summed E-state index contributed by atoms with van der Waals surface area (Å²) >= 11 is 0. The molecule has 0 bridgehead atoms.